The van der Waals surface area contributed by atoms with Crippen molar-refractivity contribution in [2.24, 2.45) is 0 Å². The Balaban J connectivity index is 1.92. The minimum absolute atomic E-state index is 0.229. The number of anilines is 1. The van der Waals surface area contributed by atoms with E-state index in [1.807, 2.05) is 0 Å². The van der Waals surface area contributed by atoms with Gasteiger partial charge in [-0.2, -0.15) is 0 Å². The van der Waals surface area contributed by atoms with Crippen molar-refractivity contribution in [1.29, 1.82) is 0 Å². The second-order valence-electron chi connectivity index (χ2n) is 7.94. The van der Waals surface area contributed by atoms with Gasteiger partial charge in [0.15, 0.2) is 0 Å². The van der Waals surface area contributed by atoms with Crippen LogP contribution in [0, 0.1) is 13.8 Å². The third-order valence-electron chi connectivity index (χ3n) is 5.91. The molecule has 29 heavy (non-hydrogen) atoms. The molecule has 0 amide bonds. The third kappa shape index (κ3) is 3.78. The molecule has 1 heteroatoms. The Kier molecular flexibility index (Phi) is 5.40. The fraction of sp³-hybridized carbons (Fsp3) is 0.214. The van der Waals surface area contributed by atoms with Crippen LogP contribution in [0.25, 0.3) is 21.9 Å². The first-order valence-electron chi connectivity index (χ1n) is 10.5. The second kappa shape index (κ2) is 8.13. The lowest BCUT2D eigenvalue weighted by atomic mass is 9.89. The van der Waals surface area contributed by atoms with Crippen molar-refractivity contribution >= 4 is 16.5 Å². The summed E-state index contributed by atoms with van der Waals surface area (Å²) < 4.78 is 0. The van der Waals surface area contributed by atoms with Crippen molar-refractivity contribution in [3.05, 3.63) is 101 Å². The molecule has 0 heterocycles. The van der Waals surface area contributed by atoms with Gasteiger partial charge in [0.1, 0.15) is 0 Å². The van der Waals surface area contributed by atoms with Gasteiger partial charge in [0.05, 0.1) is 0 Å². The van der Waals surface area contributed by atoms with Crippen LogP contribution in [-0.2, 0) is 6.42 Å². The third-order valence-corrected chi connectivity index (χ3v) is 5.91. The molecule has 0 aliphatic heterocycles. The first-order chi connectivity index (χ1) is 14.1. The van der Waals surface area contributed by atoms with E-state index in [1.165, 1.54) is 49.8 Å². The molecule has 1 nitrogen and oxygen atoms in total. The number of fused-ring (bicyclic) bond motifs is 1. The van der Waals surface area contributed by atoms with Gasteiger partial charge in [0.25, 0.3) is 0 Å². The Bertz CT molecular complexity index is 1140. The molecule has 0 fully saturated rings. The predicted molar refractivity (Wildman–Crippen MR) is 127 cm³/mol. The van der Waals surface area contributed by atoms with Crippen molar-refractivity contribution in [3.63, 3.8) is 0 Å². The van der Waals surface area contributed by atoms with Crippen LogP contribution in [0.5, 0.6) is 0 Å². The number of rotatable bonds is 5. The summed E-state index contributed by atoms with van der Waals surface area (Å²) in [5.74, 6) is 0. The number of benzene rings is 4. The smallest absolute Gasteiger partial charge is 0.0485 e. The van der Waals surface area contributed by atoms with Gasteiger partial charge >= 0.3 is 0 Å². The summed E-state index contributed by atoms with van der Waals surface area (Å²) in [6.45, 7) is 8.94. The standard InChI is InChI=1S/C28H29N/c1-5-22-17-19(2)18-26(20(22)3)28-25-14-10-9-13-24(25)15-16-27(28)29-21(4)23-11-7-6-8-12-23/h6-18,21,29H,5H2,1-4H3. The van der Waals surface area contributed by atoms with E-state index in [2.05, 4.69) is 112 Å². The van der Waals surface area contributed by atoms with Crippen LogP contribution in [0.3, 0.4) is 0 Å². The summed E-state index contributed by atoms with van der Waals surface area (Å²) in [5.41, 5.74) is 9.25. The van der Waals surface area contributed by atoms with Crippen LogP contribution in [0.2, 0.25) is 0 Å². The number of hydrogen-bond donors (Lipinski definition) is 1. The zero-order valence-corrected chi connectivity index (χ0v) is 17.8. The summed E-state index contributed by atoms with van der Waals surface area (Å²) in [7, 11) is 0. The number of hydrogen-bond acceptors (Lipinski definition) is 1. The molecule has 4 rings (SSSR count). The molecule has 4 aromatic carbocycles. The van der Waals surface area contributed by atoms with Crippen molar-refractivity contribution < 1.29 is 0 Å². The zero-order valence-electron chi connectivity index (χ0n) is 17.8. The van der Waals surface area contributed by atoms with Gasteiger partial charge in [-0.25, -0.2) is 0 Å². The van der Waals surface area contributed by atoms with Crippen molar-refractivity contribution in [2.45, 2.75) is 40.2 Å². The van der Waals surface area contributed by atoms with Gasteiger partial charge in [0.2, 0.25) is 0 Å². The molecule has 0 saturated heterocycles. The van der Waals surface area contributed by atoms with Gasteiger partial charge in [0, 0.05) is 17.3 Å². The van der Waals surface area contributed by atoms with Crippen LogP contribution in [0.1, 0.15) is 42.1 Å². The highest BCUT2D eigenvalue weighted by Crippen LogP contribution is 2.40. The maximum Gasteiger partial charge on any atom is 0.0485 e. The topological polar surface area (TPSA) is 12.0 Å². The van der Waals surface area contributed by atoms with Crippen molar-refractivity contribution in [3.8, 4) is 11.1 Å². The normalized spacial score (nSPS) is 12.1. The lowest BCUT2D eigenvalue weighted by Crippen LogP contribution is -2.08. The average molecular weight is 380 g/mol. The van der Waals surface area contributed by atoms with Gasteiger partial charge in [-0.05, 0) is 66.3 Å². The monoisotopic (exact) mass is 379 g/mol. The number of nitrogens with one attached hydrogen (secondary N) is 1. The molecule has 0 radical (unpaired) electrons. The van der Waals surface area contributed by atoms with E-state index in [0.717, 1.165) is 6.42 Å². The molecule has 1 N–H and O–H groups in total. The fourth-order valence-corrected chi connectivity index (χ4v) is 4.30. The minimum atomic E-state index is 0.229. The lowest BCUT2D eigenvalue weighted by molar-refractivity contribution is 0.885. The molecular formula is C28H29N. The fourth-order valence-electron chi connectivity index (χ4n) is 4.30. The quantitative estimate of drug-likeness (QED) is 0.372. The van der Waals surface area contributed by atoms with E-state index in [1.54, 1.807) is 0 Å². The van der Waals surface area contributed by atoms with E-state index in [-0.39, 0.29) is 6.04 Å². The zero-order chi connectivity index (χ0) is 20.4. The van der Waals surface area contributed by atoms with E-state index in [9.17, 15) is 0 Å². The Morgan fingerprint density at radius 2 is 1.55 bits per heavy atom. The molecule has 1 unspecified atom stereocenters. The maximum atomic E-state index is 3.80. The molecule has 0 spiro atoms. The average Bonchev–Trinajstić information content (AvgIpc) is 2.75. The molecule has 0 bridgehead atoms. The van der Waals surface area contributed by atoms with Crippen LogP contribution < -0.4 is 5.32 Å². The van der Waals surface area contributed by atoms with Crippen LogP contribution in [0.4, 0.5) is 5.69 Å². The molecule has 0 aromatic heterocycles. The summed E-state index contributed by atoms with van der Waals surface area (Å²) in [6, 6.07) is 28.7. The summed E-state index contributed by atoms with van der Waals surface area (Å²) in [4.78, 5) is 0. The van der Waals surface area contributed by atoms with E-state index < -0.39 is 0 Å². The molecular weight excluding hydrogens is 350 g/mol. The highest BCUT2D eigenvalue weighted by molar-refractivity contribution is 6.03. The SMILES string of the molecule is CCc1cc(C)cc(-c2c(NC(C)c3ccccc3)ccc3ccccc23)c1C. The Labute approximate surface area is 174 Å². The molecule has 4 aromatic rings. The Hall–Kier alpha value is -3.06. The van der Waals surface area contributed by atoms with E-state index >= 15 is 0 Å². The summed E-state index contributed by atoms with van der Waals surface area (Å²) >= 11 is 0. The molecule has 0 aliphatic carbocycles. The van der Waals surface area contributed by atoms with E-state index in [0.29, 0.717) is 0 Å². The van der Waals surface area contributed by atoms with Gasteiger partial charge in [-0.15, -0.1) is 0 Å². The highest BCUT2D eigenvalue weighted by atomic mass is 14.9. The first kappa shape index (κ1) is 19.3. The summed E-state index contributed by atoms with van der Waals surface area (Å²) in [5, 5.41) is 6.38. The number of aryl methyl sites for hydroxylation is 2. The highest BCUT2D eigenvalue weighted by Gasteiger charge is 2.16. The molecule has 0 saturated carbocycles. The predicted octanol–water partition coefficient (Wildman–Crippen LogP) is 7.86. The Morgan fingerprint density at radius 1 is 0.828 bits per heavy atom. The largest absolute Gasteiger partial charge is 0.378 e. The lowest BCUT2D eigenvalue weighted by Gasteiger charge is -2.22. The molecule has 1 atom stereocenters. The van der Waals surface area contributed by atoms with Crippen molar-refractivity contribution in [1.82, 2.24) is 0 Å². The first-order valence-corrected chi connectivity index (χ1v) is 10.5. The van der Waals surface area contributed by atoms with Crippen LogP contribution in [-0.4, -0.2) is 0 Å². The maximum absolute atomic E-state index is 3.80. The molecule has 146 valence electrons. The van der Waals surface area contributed by atoms with Crippen LogP contribution >= 0.6 is 0 Å². The van der Waals surface area contributed by atoms with Crippen LogP contribution in [0.15, 0.2) is 78.9 Å². The van der Waals surface area contributed by atoms with Gasteiger partial charge in [-0.1, -0.05) is 85.3 Å². The van der Waals surface area contributed by atoms with Gasteiger partial charge in [-0.3, -0.25) is 0 Å². The summed E-state index contributed by atoms with van der Waals surface area (Å²) in [6.07, 6.45) is 1.05. The minimum Gasteiger partial charge on any atom is -0.378 e. The Morgan fingerprint density at radius 3 is 2.31 bits per heavy atom. The van der Waals surface area contributed by atoms with Gasteiger partial charge < -0.3 is 5.32 Å². The van der Waals surface area contributed by atoms with Crippen molar-refractivity contribution in [2.75, 3.05) is 5.32 Å². The van der Waals surface area contributed by atoms with E-state index in [4.69, 9.17) is 0 Å². The molecule has 0 aliphatic rings. The second-order valence-corrected chi connectivity index (χ2v) is 7.94.